The summed E-state index contributed by atoms with van der Waals surface area (Å²) in [6, 6.07) is 2.35. The predicted molar refractivity (Wildman–Crippen MR) is 113 cm³/mol. The predicted octanol–water partition coefficient (Wildman–Crippen LogP) is 2.13. The lowest BCUT2D eigenvalue weighted by atomic mass is 9.92. The molecule has 1 aromatic rings. The van der Waals surface area contributed by atoms with Crippen LogP contribution < -0.4 is 5.32 Å². The van der Waals surface area contributed by atoms with Gasteiger partial charge >= 0.3 is 0 Å². The summed E-state index contributed by atoms with van der Waals surface area (Å²) < 4.78 is 54.1. The third-order valence-corrected chi connectivity index (χ3v) is 8.59. The van der Waals surface area contributed by atoms with Crippen molar-refractivity contribution in [3.63, 3.8) is 0 Å². The van der Waals surface area contributed by atoms with Gasteiger partial charge in [0.05, 0.1) is 5.92 Å². The van der Waals surface area contributed by atoms with E-state index in [1.54, 1.807) is 4.90 Å². The maximum atomic E-state index is 14.0. The van der Waals surface area contributed by atoms with E-state index in [4.69, 9.17) is 0 Å². The van der Waals surface area contributed by atoms with Crippen molar-refractivity contribution in [3.05, 3.63) is 29.8 Å². The molecule has 32 heavy (non-hydrogen) atoms. The van der Waals surface area contributed by atoms with Crippen LogP contribution in [-0.4, -0.2) is 62.2 Å². The first-order valence-electron chi connectivity index (χ1n) is 11.3. The fourth-order valence-corrected chi connectivity index (χ4v) is 6.06. The monoisotopic (exact) mass is 469 g/mol. The van der Waals surface area contributed by atoms with Gasteiger partial charge in [0.25, 0.3) is 0 Å². The molecule has 2 heterocycles. The number of halogens is 2. The number of amides is 2. The van der Waals surface area contributed by atoms with Crippen LogP contribution in [0.1, 0.15) is 38.5 Å². The Morgan fingerprint density at radius 3 is 2.41 bits per heavy atom. The van der Waals surface area contributed by atoms with Crippen molar-refractivity contribution in [2.24, 2.45) is 17.8 Å². The summed E-state index contributed by atoms with van der Waals surface area (Å²) in [5.41, 5.74) is 0. The summed E-state index contributed by atoms with van der Waals surface area (Å²) >= 11 is 0. The summed E-state index contributed by atoms with van der Waals surface area (Å²) in [7, 11) is -4.18. The number of rotatable bonds is 6. The highest BCUT2D eigenvalue weighted by molar-refractivity contribution is 7.89. The molecule has 2 saturated heterocycles. The number of hydrogen-bond acceptors (Lipinski definition) is 4. The van der Waals surface area contributed by atoms with E-state index in [9.17, 15) is 26.8 Å². The number of sulfonamides is 1. The minimum absolute atomic E-state index is 0.00688. The SMILES string of the molecule is O=C(NCC1CC1)C1CCCN(C(=O)C2CCN(S(=O)(=O)c3cc(F)ccc3F)CC2)C1. The fourth-order valence-electron chi connectivity index (χ4n) is 4.52. The topological polar surface area (TPSA) is 86.8 Å². The van der Waals surface area contributed by atoms with Gasteiger partial charge in [0.1, 0.15) is 16.5 Å². The fraction of sp³-hybridized carbons (Fsp3) is 0.636. The smallest absolute Gasteiger partial charge is 0.246 e. The quantitative estimate of drug-likeness (QED) is 0.692. The van der Waals surface area contributed by atoms with Crippen molar-refractivity contribution >= 4 is 21.8 Å². The number of nitrogens with zero attached hydrogens (tertiary/aromatic N) is 2. The Balaban J connectivity index is 1.32. The highest BCUT2D eigenvalue weighted by Crippen LogP contribution is 2.29. The van der Waals surface area contributed by atoms with E-state index in [-0.39, 0.29) is 36.7 Å². The van der Waals surface area contributed by atoms with Crippen LogP contribution >= 0.6 is 0 Å². The molecular formula is C22H29F2N3O4S. The Morgan fingerprint density at radius 2 is 1.72 bits per heavy atom. The maximum absolute atomic E-state index is 14.0. The van der Waals surface area contributed by atoms with Crippen LogP contribution in [-0.2, 0) is 19.6 Å². The van der Waals surface area contributed by atoms with E-state index in [1.807, 2.05) is 0 Å². The highest BCUT2D eigenvalue weighted by atomic mass is 32.2. The van der Waals surface area contributed by atoms with Crippen molar-refractivity contribution in [1.82, 2.24) is 14.5 Å². The molecule has 176 valence electrons. The zero-order chi connectivity index (χ0) is 22.9. The minimum Gasteiger partial charge on any atom is -0.356 e. The molecule has 3 fully saturated rings. The molecule has 0 spiro atoms. The van der Waals surface area contributed by atoms with Gasteiger partial charge in [0.2, 0.25) is 21.8 Å². The normalized spacial score (nSPS) is 23.2. The van der Waals surface area contributed by atoms with Gasteiger partial charge in [0.15, 0.2) is 0 Å². The summed E-state index contributed by atoms with van der Waals surface area (Å²) in [6.07, 6.45) is 4.47. The summed E-state index contributed by atoms with van der Waals surface area (Å²) in [5.74, 6) is -1.82. The van der Waals surface area contributed by atoms with E-state index in [0.717, 1.165) is 42.1 Å². The van der Waals surface area contributed by atoms with Crippen molar-refractivity contribution in [2.75, 3.05) is 32.7 Å². The lowest BCUT2D eigenvalue weighted by Gasteiger charge is -2.37. The Labute approximate surface area is 187 Å². The van der Waals surface area contributed by atoms with Crippen molar-refractivity contribution in [1.29, 1.82) is 0 Å². The second-order valence-corrected chi connectivity index (χ2v) is 11.0. The Bertz CT molecular complexity index is 975. The molecule has 10 heteroatoms. The van der Waals surface area contributed by atoms with Crippen molar-refractivity contribution in [2.45, 2.75) is 43.4 Å². The molecule has 0 radical (unpaired) electrons. The number of hydrogen-bond donors (Lipinski definition) is 1. The standard InChI is InChI=1S/C22H29F2N3O4S/c23-18-5-6-19(24)20(12-18)32(30,31)27-10-7-16(8-11-27)22(29)26-9-1-2-17(14-26)21(28)25-13-15-3-4-15/h5-6,12,15-17H,1-4,7-11,13-14H2,(H,25,28). The van der Waals surface area contributed by atoms with E-state index in [1.165, 1.54) is 0 Å². The van der Waals surface area contributed by atoms with Gasteiger partial charge in [-0.15, -0.1) is 0 Å². The molecule has 0 bridgehead atoms. The third-order valence-electron chi connectivity index (χ3n) is 6.68. The molecule has 1 aliphatic carbocycles. The van der Waals surface area contributed by atoms with Crippen molar-refractivity contribution < 1.29 is 26.8 Å². The Kier molecular flexibility index (Phi) is 6.80. The number of piperidine rings is 2. The van der Waals surface area contributed by atoms with Gasteiger partial charge in [-0.1, -0.05) is 0 Å². The number of benzene rings is 1. The van der Waals surface area contributed by atoms with Gasteiger partial charge in [-0.25, -0.2) is 17.2 Å². The Morgan fingerprint density at radius 1 is 1.00 bits per heavy atom. The van der Waals surface area contributed by atoms with Crippen LogP contribution in [0.5, 0.6) is 0 Å². The summed E-state index contributed by atoms with van der Waals surface area (Å²) in [4.78, 5) is 26.5. The molecule has 3 aliphatic rings. The number of carbonyl (C=O) groups is 2. The molecule has 1 N–H and O–H groups in total. The molecule has 4 rings (SSSR count). The van der Waals surface area contributed by atoms with Crippen LogP contribution in [0.15, 0.2) is 23.1 Å². The van der Waals surface area contributed by atoms with E-state index in [2.05, 4.69) is 5.32 Å². The average molecular weight is 470 g/mol. The number of carbonyl (C=O) groups excluding carboxylic acids is 2. The van der Waals surface area contributed by atoms with Crippen molar-refractivity contribution in [3.8, 4) is 0 Å². The molecule has 0 aromatic heterocycles. The minimum atomic E-state index is -4.18. The number of likely N-dealkylation sites (tertiary alicyclic amines) is 1. The molecule has 2 amide bonds. The summed E-state index contributed by atoms with van der Waals surface area (Å²) in [5, 5.41) is 2.99. The van der Waals surface area contributed by atoms with Gasteiger partial charge in [-0.05, 0) is 62.6 Å². The van der Waals surface area contributed by atoms with Gasteiger partial charge in [-0.2, -0.15) is 4.31 Å². The first-order chi connectivity index (χ1) is 15.3. The van der Waals surface area contributed by atoms with Gasteiger partial charge in [-0.3, -0.25) is 9.59 Å². The second-order valence-electron chi connectivity index (χ2n) is 9.07. The average Bonchev–Trinajstić information content (AvgIpc) is 3.63. The van der Waals surface area contributed by atoms with Crippen LogP contribution in [0.4, 0.5) is 8.78 Å². The van der Waals surface area contributed by atoms with E-state index >= 15 is 0 Å². The Hall–Kier alpha value is -2.07. The zero-order valence-corrected chi connectivity index (χ0v) is 18.8. The zero-order valence-electron chi connectivity index (χ0n) is 17.9. The van der Waals surface area contributed by atoms with E-state index < -0.39 is 26.6 Å². The molecule has 1 saturated carbocycles. The van der Waals surface area contributed by atoms with Gasteiger partial charge < -0.3 is 10.2 Å². The molecule has 2 aliphatic heterocycles. The first-order valence-corrected chi connectivity index (χ1v) is 12.7. The van der Waals surface area contributed by atoms with Crippen LogP contribution in [0, 0.1) is 29.4 Å². The van der Waals surface area contributed by atoms with Crippen LogP contribution in [0.25, 0.3) is 0 Å². The van der Waals surface area contributed by atoms with E-state index in [0.29, 0.717) is 44.5 Å². The van der Waals surface area contributed by atoms with Crippen LogP contribution in [0.2, 0.25) is 0 Å². The highest BCUT2D eigenvalue weighted by Gasteiger charge is 2.37. The second kappa shape index (κ2) is 9.43. The summed E-state index contributed by atoms with van der Waals surface area (Å²) in [6.45, 7) is 1.82. The third kappa shape index (κ3) is 5.11. The molecular weight excluding hydrogens is 440 g/mol. The lowest BCUT2D eigenvalue weighted by Crippen LogP contribution is -2.49. The molecule has 7 nitrogen and oxygen atoms in total. The largest absolute Gasteiger partial charge is 0.356 e. The molecule has 1 unspecified atom stereocenters. The van der Waals surface area contributed by atoms with Crippen LogP contribution in [0.3, 0.4) is 0 Å². The lowest BCUT2D eigenvalue weighted by molar-refractivity contribution is -0.140. The molecule has 1 aromatic carbocycles. The number of nitrogens with one attached hydrogen (secondary N) is 1. The maximum Gasteiger partial charge on any atom is 0.246 e. The van der Waals surface area contributed by atoms with Gasteiger partial charge in [0, 0.05) is 38.6 Å². The molecule has 1 atom stereocenters. The first kappa shape index (κ1) is 23.1.